The molecule has 0 spiro atoms. The third-order valence-electron chi connectivity index (χ3n) is 9.56. The van der Waals surface area contributed by atoms with Crippen molar-refractivity contribution in [3.05, 3.63) is 70.1 Å². The summed E-state index contributed by atoms with van der Waals surface area (Å²) >= 11 is 0. The van der Waals surface area contributed by atoms with Gasteiger partial charge >= 0.3 is 6.18 Å². The van der Waals surface area contributed by atoms with Crippen molar-refractivity contribution in [2.24, 2.45) is 23.7 Å². The molecule has 2 N–H and O–H groups in total. The first kappa shape index (κ1) is 30.6. The number of methoxy groups -OCH3 is 2. The molecular formula is C33H37F4N3O4. The van der Waals surface area contributed by atoms with Crippen LogP contribution in [0.2, 0.25) is 0 Å². The normalized spacial score (nSPS) is 25.6. The smallest absolute Gasteiger partial charge is 0.419 e. The number of ether oxygens (including phenoxy) is 2. The van der Waals surface area contributed by atoms with Crippen molar-refractivity contribution in [3.63, 3.8) is 0 Å². The maximum absolute atomic E-state index is 13.9. The number of fused-ring (bicyclic) bond motifs is 3. The van der Waals surface area contributed by atoms with E-state index in [4.69, 9.17) is 9.47 Å². The Balaban J connectivity index is 1.27. The first-order valence-corrected chi connectivity index (χ1v) is 15.2. The second-order valence-corrected chi connectivity index (χ2v) is 12.3. The number of benzene rings is 2. The SMILES string of the molecule is COCCN1CCc2cc(OC)c(C(=O)N[C@H]3[C@@H](C(=O)Nc4ccc(F)c(C(F)(F)F)c4)[C@H]4CC[C@@H]3C4=CC3CC3)cc2C1. The molecule has 1 heterocycles. The number of nitrogens with zero attached hydrogens (tertiary/aromatic N) is 1. The Morgan fingerprint density at radius 2 is 1.82 bits per heavy atom. The van der Waals surface area contributed by atoms with Crippen LogP contribution < -0.4 is 15.4 Å². The number of alkyl halides is 3. The van der Waals surface area contributed by atoms with Gasteiger partial charge in [0.05, 0.1) is 30.8 Å². The maximum atomic E-state index is 13.9. The maximum Gasteiger partial charge on any atom is 0.419 e. The lowest BCUT2D eigenvalue weighted by molar-refractivity contribution is -0.140. The monoisotopic (exact) mass is 615 g/mol. The summed E-state index contributed by atoms with van der Waals surface area (Å²) in [6, 6.07) is 5.67. The van der Waals surface area contributed by atoms with Crippen molar-refractivity contribution in [3.8, 4) is 5.75 Å². The van der Waals surface area contributed by atoms with E-state index in [-0.39, 0.29) is 23.4 Å². The fraction of sp³-hybridized carbons (Fsp3) is 0.515. The summed E-state index contributed by atoms with van der Waals surface area (Å²) in [6.07, 6.45) is 1.89. The Morgan fingerprint density at radius 1 is 1.05 bits per heavy atom. The molecule has 4 atom stereocenters. The summed E-state index contributed by atoms with van der Waals surface area (Å²) in [4.78, 5) is 29.9. The van der Waals surface area contributed by atoms with E-state index in [1.54, 1.807) is 7.11 Å². The van der Waals surface area contributed by atoms with Gasteiger partial charge in [0.2, 0.25) is 5.91 Å². The lowest BCUT2D eigenvalue weighted by Crippen LogP contribution is -2.48. The molecule has 1 aliphatic heterocycles. The zero-order chi connectivity index (χ0) is 31.2. The highest BCUT2D eigenvalue weighted by molar-refractivity contribution is 5.99. The van der Waals surface area contributed by atoms with Gasteiger partial charge in [-0.2, -0.15) is 13.2 Å². The Bertz CT molecular complexity index is 1470. The van der Waals surface area contributed by atoms with E-state index in [2.05, 4.69) is 21.6 Å². The highest BCUT2D eigenvalue weighted by Crippen LogP contribution is 2.54. The van der Waals surface area contributed by atoms with Crippen LogP contribution in [-0.2, 0) is 28.7 Å². The fourth-order valence-corrected chi connectivity index (χ4v) is 7.24. The van der Waals surface area contributed by atoms with Gasteiger partial charge in [-0.3, -0.25) is 14.5 Å². The number of carbonyl (C=O) groups excluding carboxylic acids is 2. The molecule has 236 valence electrons. The highest BCUT2D eigenvalue weighted by Gasteiger charge is 2.55. The van der Waals surface area contributed by atoms with Gasteiger partial charge in [-0.25, -0.2) is 4.39 Å². The Morgan fingerprint density at radius 3 is 2.52 bits per heavy atom. The average Bonchev–Trinajstić information content (AvgIpc) is 3.67. The highest BCUT2D eigenvalue weighted by atomic mass is 19.4. The van der Waals surface area contributed by atoms with E-state index in [1.807, 2.05) is 12.1 Å². The molecule has 6 rings (SSSR count). The molecule has 4 aliphatic rings. The van der Waals surface area contributed by atoms with Gasteiger partial charge < -0.3 is 20.1 Å². The van der Waals surface area contributed by atoms with E-state index in [0.717, 1.165) is 68.0 Å². The van der Waals surface area contributed by atoms with Crippen LogP contribution in [0.1, 0.15) is 52.7 Å². The van der Waals surface area contributed by atoms with Crippen molar-refractivity contribution in [2.75, 3.05) is 39.2 Å². The molecule has 11 heteroatoms. The van der Waals surface area contributed by atoms with E-state index in [0.29, 0.717) is 42.5 Å². The minimum atomic E-state index is -4.90. The van der Waals surface area contributed by atoms with E-state index < -0.39 is 35.4 Å². The van der Waals surface area contributed by atoms with Gasteiger partial charge in [0, 0.05) is 44.4 Å². The van der Waals surface area contributed by atoms with Crippen molar-refractivity contribution in [2.45, 2.75) is 50.9 Å². The first-order chi connectivity index (χ1) is 21.1. The zero-order valence-corrected chi connectivity index (χ0v) is 24.8. The number of halogens is 4. The predicted octanol–water partition coefficient (Wildman–Crippen LogP) is 5.59. The summed E-state index contributed by atoms with van der Waals surface area (Å²) in [5.41, 5.74) is 2.10. The molecule has 3 saturated carbocycles. The molecule has 2 aromatic rings. The molecule has 0 unspecified atom stereocenters. The molecule has 2 aromatic carbocycles. The van der Waals surface area contributed by atoms with Crippen LogP contribution in [0, 0.1) is 29.5 Å². The Kier molecular flexibility index (Phi) is 8.45. The van der Waals surface area contributed by atoms with E-state index in [1.165, 1.54) is 7.11 Å². The minimum Gasteiger partial charge on any atom is -0.496 e. The Labute approximate surface area is 254 Å². The van der Waals surface area contributed by atoms with Crippen LogP contribution in [-0.4, -0.2) is 56.7 Å². The summed E-state index contributed by atoms with van der Waals surface area (Å²) < 4.78 is 64.8. The number of allylic oxidation sites excluding steroid dienone is 1. The zero-order valence-electron chi connectivity index (χ0n) is 24.8. The number of carbonyl (C=O) groups is 2. The molecule has 44 heavy (non-hydrogen) atoms. The molecule has 2 amide bonds. The molecule has 2 bridgehead atoms. The molecule has 0 radical (unpaired) electrons. The van der Waals surface area contributed by atoms with Crippen molar-refractivity contribution < 1.29 is 36.6 Å². The van der Waals surface area contributed by atoms with Crippen LogP contribution in [0.15, 0.2) is 42.0 Å². The molecule has 0 aromatic heterocycles. The number of hydrogen-bond donors (Lipinski definition) is 2. The molecule has 3 aliphatic carbocycles. The lowest BCUT2D eigenvalue weighted by Gasteiger charge is -2.31. The standard InChI is InChI=1S/C33H37F4N3O4/c1-43-12-11-40-10-9-19-15-28(44-2)25(14-20(19)17-40)31(41)39-30-23-7-6-22(24(23)13-18-3-4-18)29(30)32(42)38-21-5-8-27(34)26(16-21)33(35,36)37/h5,8,13-16,18,22-23,29-30H,3-4,6-7,9-12,17H2,1-2H3,(H,38,42)(H,39,41)/t22-,23+,29-,30+/m0/s1. The summed E-state index contributed by atoms with van der Waals surface area (Å²) in [7, 11) is 3.19. The van der Waals surface area contributed by atoms with E-state index in [9.17, 15) is 27.2 Å². The van der Waals surface area contributed by atoms with Gasteiger partial charge in [-0.1, -0.05) is 11.6 Å². The van der Waals surface area contributed by atoms with Gasteiger partial charge in [0.1, 0.15) is 11.6 Å². The van der Waals surface area contributed by atoms with Crippen LogP contribution >= 0.6 is 0 Å². The molecule has 3 fully saturated rings. The average molecular weight is 616 g/mol. The quantitative estimate of drug-likeness (QED) is 0.284. The second kappa shape index (κ2) is 12.2. The van der Waals surface area contributed by atoms with Gasteiger partial charge in [-0.05, 0) is 85.4 Å². The Hall–Kier alpha value is -3.44. The van der Waals surface area contributed by atoms with E-state index >= 15 is 0 Å². The van der Waals surface area contributed by atoms with Crippen molar-refractivity contribution in [1.29, 1.82) is 0 Å². The van der Waals surface area contributed by atoms with Gasteiger partial charge in [0.15, 0.2) is 0 Å². The third-order valence-corrected chi connectivity index (χ3v) is 9.56. The number of anilines is 1. The summed E-state index contributed by atoms with van der Waals surface area (Å²) in [6.45, 7) is 2.94. The third kappa shape index (κ3) is 6.08. The van der Waals surface area contributed by atoms with Gasteiger partial charge in [-0.15, -0.1) is 0 Å². The van der Waals surface area contributed by atoms with Crippen molar-refractivity contribution in [1.82, 2.24) is 10.2 Å². The number of hydrogen-bond acceptors (Lipinski definition) is 5. The molecule has 0 saturated heterocycles. The number of nitrogens with one attached hydrogen (secondary N) is 2. The summed E-state index contributed by atoms with van der Waals surface area (Å²) in [5.74, 6) is -2.21. The van der Waals surface area contributed by atoms with Crippen molar-refractivity contribution >= 4 is 17.5 Å². The van der Waals surface area contributed by atoms with Crippen LogP contribution in [0.3, 0.4) is 0 Å². The topological polar surface area (TPSA) is 79.9 Å². The first-order valence-electron chi connectivity index (χ1n) is 15.2. The van der Waals surface area contributed by atoms with Gasteiger partial charge in [0.25, 0.3) is 5.91 Å². The lowest BCUT2D eigenvalue weighted by atomic mass is 9.83. The summed E-state index contributed by atoms with van der Waals surface area (Å²) in [5, 5.41) is 5.75. The minimum absolute atomic E-state index is 0.0487. The second-order valence-electron chi connectivity index (χ2n) is 12.3. The number of amides is 2. The largest absolute Gasteiger partial charge is 0.496 e. The molecule has 7 nitrogen and oxygen atoms in total. The molecular weight excluding hydrogens is 578 g/mol. The predicted molar refractivity (Wildman–Crippen MR) is 156 cm³/mol. The fourth-order valence-electron chi connectivity index (χ4n) is 7.24. The van der Waals surface area contributed by atoms with Crippen LogP contribution in [0.5, 0.6) is 5.75 Å². The van der Waals surface area contributed by atoms with Crippen LogP contribution in [0.25, 0.3) is 0 Å². The van der Waals surface area contributed by atoms with Crippen LogP contribution in [0.4, 0.5) is 23.2 Å². The number of rotatable bonds is 9.